The first-order valence-electron chi connectivity index (χ1n) is 8.54. The van der Waals surface area contributed by atoms with Gasteiger partial charge in [0.15, 0.2) is 0 Å². The molecule has 0 saturated heterocycles. The Kier molecular flexibility index (Phi) is 7.39. The lowest BCUT2D eigenvalue weighted by atomic mass is 9.96. The van der Waals surface area contributed by atoms with Crippen molar-refractivity contribution in [2.75, 3.05) is 13.1 Å². The number of rotatable bonds is 9. The standard InChI is InChI=1S/C17H35N3/c1-6-8-10-11-13-20-16(12-9-7-2)19(15-18-20)14-17(3,4)5/h15-16H,6-14H2,1-5H3. The fraction of sp³-hybridized carbons (Fsp3) is 0.941. The van der Waals surface area contributed by atoms with Crippen LogP contribution in [0.5, 0.6) is 0 Å². The second-order valence-electron chi connectivity index (χ2n) is 7.31. The van der Waals surface area contributed by atoms with Gasteiger partial charge in [-0.3, -0.25) is 5.01 Å². The van der Waals surface area contributed by atoms with Crippen LogP contribution in [-0.2, 0) is 0 Å². The van der Waals surface area contributed by atoms with Crippen molar-refractivity contribution in [2.24, 2.45) is 10.5 Å². The number of hydrogen-bond acceptors (Lipinski definition) is 3. The van der Waals surface area contributed by atoms with E-state index in [-0.39, 0.29) is 0 Å². The molecule has 0 radical (unpaired) electrons. The summed E-state index contributed by atoms with van der Waals surface area (Å²) in [5.74, 6) is 0. The summed E-state index contributed by atoms with van der Waals surface area (Å²) in [5, 5.41) is 7.00. The van der Waals surface area contributed by atoms with E-state index < -0.39 is 0 Å². The van der Waals surface area contributed by atoms with Crippen molar-refractivity contribution in [3.05, 3.63) is 0 Å². The number of unbranched alkanes of at least 4 members (excludes halogenated alkanes) is 4. The molecular weight excluding hydrogens is 246 g/mol. The minimum Gasteiger partial charge on any atom is -0.339 e. The molecule has 1 atom stereocenters. The number of nitrogens with zero attached hydrogens (tertiary/aromatic N) is 3. The van der Waals surface area contributed by atoms with E-state index in [1.54, 1.807) is 0 Å². The molecule has 0 aliphatic carbocycles. The van der Waals surface area contributed by atoms with Crippen LogP contribution in [0.15, 0.2) is 5.10 Å². The molecule has 0 saturated carbocycles. The Labute approximate surface area is 126 Å². The van der Waals surface area contributed by atoms with Crippen molar-refractivity contribution in [3.63, 3.8) is 0 Å². The molecule has 1 heterocycles. The van der Waals surface area contributed by atoms with E-state index in [9.17, 15) is 0 Å². The van der Waals surface area contributed by atoms with Crippen LogP contribution in [0.1, 0.15) is 79.6 Å². The lowest BCUT2D eigenvalue weighted by Crippen LogP contribution is -2.43. The van der Waals surface area contributed by atoms with E-state index in [0.717, 1.165) is 13.1 Å². The molecule has 0 aromatic heterocycles. The van der Waals surface area contributed by atoms with Crippen molar-refractivity contribution >= 4 is 6.34 Å². The molecule has 0 amide bonds. The Balaban J connectivity index is 2.49. The zero-order valence-electron chi connectivity index (χ0n) is 14.4. The summed E-state index contributed by atoms with van der Waals surface area (Å²) in [5.41, 5.74) is 0.328. The molecule has 1 aliphatic rings. The molecule has 1 aliphatic heterocycles. The molecule has 0 spiro atoms. The summed E-state index contributed by atoms with van der Waals surface area (Å²) in [4.78, 5) is 2.45. The Morgan fingerprint density at radius 1 is 1.00 bits per heavy atom. The summed E-state index contributed by atoms with van der Waals surface area (Å²) in [7, 11) is 0. The van der Waals surface area contributed by atoms with Crippen LogP contribution in [0.25, 0.3) is 0 Å². The zero-order chi connectivity index (χ0) is 15.0. The molecule has 0 aromatic carbocycles. The highest BCUT2D eigenvalue weighted by Gasteiger charge is 2.29. The first-order chi connectivity index (χ1) is 9.48. The van der Waals surface area contributed by atoms with Crippen LogP contribution in [0.3, 0.4) is 0 Å². The third-order valence-electron chi connectivity index (χ3n) is 3.79. The Morgan fingerprint density at radius 2 is 1.70 bits per heavy atom. The van der Waals surface area contributed by atoms with Gasteiger partial charge in [-0.05, 0) is 24.7 Å². The lowest BCUT2D eigenvalue weighted by Gasteiger charge is -2.34. The van der Waals surface area contributed by atoms with Crippen molar-refractivity contribution in [1.82, 2.24) is 9.91 Å². The molecule has 20 heavy (non-hydrogen) atoms. The first kappa shape index (κ1) is 17.3. The molecule has 0 fully saturated rings. The second-order valence-corrected chi connectivity index (χ2v) is 7.31. The molecule has 3 nitrogen and oxygen atoms in total. The van der Waals surface area contributed by atoms with Gasteiger partial charge in [0, 0.05) is 13.1 Å². The molecule has 0 bridgehead atoms. The van der Waals surface area contributed by atoms with Crippen molar-refractivity contribution in [3.8, 4) is 0 Å². The number of hydrazone groups is 1. The molecule has 118 valence electrons. The number of hydrogen-bond donors (Lipinski definition) is 0. The molecule has 1 unspecified atom stereocenters. The minimum atomic E-state index is 0.328. The predicted molar refractivity (Wildman–Crippen MR) is 88.8 cm³/mol. The topological polar surface area (TPSA) is 18.8 Å². The fourth-order valence-electron chi connectivity index (χ4n) is 2.76. The van der Waals surface area contributed by atoms with E-state index >= 15 is 0 Å². The fourth-order valence-corrected chi connectivity index (χ4v) is 2.76. The van der Waals surface area contributed by atoms with Crippen LogP contribution in [0, 0.1) is 5.41 Å². The monoisotopic (exact) mass is 281 g/mol. The zero-order valence-corrected chi connectivity index (χ0v) is 14.4. The largest absolute Gasteiger partial charge is 0.339 e. The van der Waals surface area contributed by atoms with E-state index in [1.807, 2.05) is 0 Å². The highest BCUT2D eigenvalue weighted by atomic mass is 15.6. The lowest BCUT2D eigenvalue weighted by molar-refractivity contribution is 0.0964. The van der Waals surface area contributed by atoms with Crippen LogP contribution in [0.4, 0.5) is 0 Å². The van der Waals surface area contributed by atoms with Gasteiger partial charge in [0.1, 0.15) is 12.5 Å². The average Bonchev–Trinajstić information content (AvgIpc) is 2.72. The van der Waals surface area contributed by atoms with Gasteiger partial charge < -0.3 is 4.90 Å². The van der Waals surface area contributed by atoms with E-state index in [0.29, 0.717) is 11.6 Å². The van der Waals surface area contributed by atoms with Crippen LogP contribution in [-0.4, -0.2) is 35.5 Å². The SMILES string of the molecule is CCCCCCN1N=CN(CC(C)(C)C)C1CCCC. The normalized spacial score (nSPS) is 19.1. The molecular formula is C17H35N3. The summed E-state index contributed by atoms with van der Waals surface area (Å²) < 4.78 is 0. The van der Waals surface area contributed by atoms with Gasteiger partial charge in [-0.25, -0.2) is 0 Å². The first-order valence-corrected chi connectivity index (χ1v) is 8.54. The third kappa shape index (κ3) is 6.15. The van der Waals surface area contributed by atoms with Crippen LogP contribution >= 0.6 is 0 Å². The third-order valence-corrected chi connectivity index (χ3v) is 3.79. The van der Waals surface area contributed by atoms with Gasteiger partial charge in [0.05, 0.1) is 0 Å². The molecule has 0 N–H and O–H groups in total. The predicted octanol–water partition coefficient (Wildman–Crippen LogP) is 4.69. The Bertz CT molecular complexity index is 280. The summed E-state index contributed by atoms with van der Waals surface area (Å²) >= 11 is 0. The van der Waals surface area contributed by atoms with E-state index in [4.69, 9.17) is 0 Å². The van der Waals surface area contributed by atoms with E-state index in [2.05, 4.69) is 56.0 Å². The smallest absolute Gasteiger partial charge is 0.119 e. The second kappa shape index (κ2) is 8.53. The van der Waals surface area contributed by atoms with Crippen molar-refractivity contribution in [2.45, 2.75) is 85.7 Å². The maximum atomic E-state index is 4.67. The van der Waals surface area contributed by atoms with E-state index in [1.165, 1.54) is 44.9 Å². The van der Waals surface area contributed by atoms with Crippen LogP contribution in [0.2, 0.25) is 0 Å². The van der Waals surface area contributed by atoms with Gasteiger partial charge >= 0.3 is 0 Å². The highest BCUT2D eigenvalue weighted by molar-refractivity contribution is 5.57. The molecule has 1 rings (SSSR count). The quantitative estimate of drug-likeness (QED) is 0.571. The Hall–Kier alpha value is -0.730. The van der Waals surface area contributed by atoms with Gasteiger partial charge in [-0.15, -0.1) is 0 Å². The van der Waals surface area contributed by atoms with Crippen molar-refractivity contribution < 1.29 is 0 Å². The highest BCUT2D eigenvalue weighted by Crippen LogP contribution is 2.24. The van der Waals surface area contributed by atoms with Gasteiger partial charge in [0.25, 0.3) is 0 Å². The molecule has 3 heteroatoms. The molecule has 0 aromatic rings. The average molecular weight is 281 g/mol. The summed E-state index contributed by atoms with van der Waals surface area (Å²) in [6, 6.07) is 0. The van der Waals surface area contributed by atoms with Crippen LogP contribution < -0.4 is 0 Å². The van der Waals surface area contributed by atoms with Gasteiger partial charge in [-0.1, -0.05) is 60.3 Å². The Morgan fingerprint density at radius 3 is 2.30 bits per heavy atom. The summed E-state index contributed by atoms with van der Waals surface area (Å²) in [6.45, 7) is 13.7. The maximum Gasteiger partial charge on any atom is 0.119 e. The maximum absolute atomic E-state index is 4.67. The minimum absolute atomic E-state index is 0.328. The van der Waals surface area contributed by atoms with Gasteiger partial charge in [-0.2, -0.15) is 5.10 Å². The van der Waals surface area contributed by atoms with Gasteiger partial charge in [0.2, 0.25) is 0 Å². The van der Waals surface area contributed by atoms with Crippen molar-refractivity contribution in [1.29, 1.82) is 0 Å². The summed E-state index contributed by atoms with van der Waals surface area (Å²) in [6.07, 6.45) is 11.6.